The molecule has 3 heterocycles. The van der Waals surface area contributed by atoms with Crippen LogP contribution < -0.4 is 0 Å². The number of piperidine rings is 2. The third-order valence-corrected chi connectivity index (χ3v) is 4.55. The zero-order valence-corrected chi connectivity index (χ0v) is 9.05. The van der Waals surface area contributed by atoms with Crippen LogP contribution in [0.5, 0.6) is 0 Å². The quantitative estimate of drug-likeness (QED) is 0.631. The van der Waals surface area contributed by atoms with E-state index in [0.29, 0.717) is 0 Å². The van der Waals surface area contributed by atoms with Crippen LogP contribution in [-0.2, 0) is 4.74 Å². The van der Waals surface area contributed by atoms with Crippen molar-refractivity contribution in [1.29, 1.82) is 0 Å². The van der Waals surface area contributed by atoms with E-state index in [-0.39, 0.29) is 11.2 Å². The lowest BCUT2D eigenvalue weighted by Crippen LogP contribution is -2.88. The van der Waals surface area contributed by atoms with Gasteiger partial charge in [-0.25, -0.2) is 0 Å². The summed E-state index contributed by atoms with van der Waals surface area (Å²) in [7, 11) is 0. The Kier molecular flexibility index (Phi) is 1.53. The Labute approximate surface area is 85.0 Å². The van der Waals surface area contributed by atoms with Crippen molar-refractivity contribution in [1.82, 2.24) is 4.90 Å². The van der Waals surface area contributed by atoms with Gasteiger partial charge >= 0.3 is 0 Å². The molecule has 0 unspecified atom stereocenters. The standard InChI is InChI=1S/C11H19NO2/c1-9-5-3-7-12-8-4-6-10(2,14-9)11(9,12)13/h13H,3-8H2,1-2H3/t9-,10-/m0/s1. The molecule has 3 rings (SSSR count). The summed E-state index contributed by atoms with van der Waals surface area (Å²) in [4.78, 5) is 2.24. The summed E-state index contributed by atoms with van der Waals surface area (Å²) in [6.45, 7) is 6.19. The van der Waals surface area contributed by atoms with Gasteiger partial charge in [0.2, 0.25) is 0 Å². The first-order valence-corrected chi connectivity index (χ1v) is 5.70. The maximum Gasteiger partial charge on any atom is 0.176 e. The van der Waals surface area contributed by atoms with Crippen molar-refractivity contribution in [3.05, 3.63) is 0 Å². The zero-order chi connectivity index (χ0) is 10.0. The number of aliphatic hydroxyl groups is 1. The lowest BCUT2D eigenvalue weighted by atomic mass is 9.63. The topological polar surface area (TPSA) is 32.7 Å². The molecular weight excluding hydrogens is 178 g/mol. The molecule has 2 atom stereocenters. The van der Waals surface area contributed by atoms with E-state index in [4.69, 9.17) is 4.74 Å². The van der Waals surface area contributed by atoms with Crippen LogP contribution in [0.25, 0.3) is 0 Å². The minimum absolute atomic E-state index is 0.305. The number of hydrogen-bond donors (Lipinski definition) is 1. The summed E-state index contributed by atoms with van der Waals surface area (Å²) in [6.07, 6.45) is 4.29. The minimum atomic E-state index is -0.684. The highest BCUT2D eigenvalue weighted by atomic mass is 16.6. The molecule has 0 saturated carbocycles. The Morgan fingerprint density at radius 2 is 1.57 bits per heavy atom. The second-order valence-corrected chi connectivity index (χ2v) is 5.43. The normalized spacial score (nSPS) is 57.6. The molecule has 0 aromatic rings. The molecule has 0 spiro atoms. The van der Waals surface area contributed by atoms with E-state index in [1.807, 2.05) is 0 Å². The van der Waals surface area contributed by atoms with Gasteiger partial charge in [-0.15, -0.1) is 0 Å². The van der Waals surface area contributed by atoms with Crippen molar-refractivity contribution >= 4 is 0 Å². The smallest absolute Gasteiger partial charge is 0.176 e. The molecule has 14 heavy (non-hydrogen) atoms. The van der Waals surface area contributed by atoms with Gasteiger partial charge in [-0.05, 0) is 39.5 Å². The zero-order valence-electron chi connectivity index (χ0n) is 9.05. The molecule has 0 aromatic carbocycles. The molecular formula is C11H19NO2. The van der Waals surface area contributed by atoms with Gasteiger partial charge in [0, 0.05) is 13.1 Å². The SMILES string of the molecule is C[C@@]12CCCN3CCC[C@](C)(O1)C32O. The average molecular weight is 197 g/mol. The van der Waals surface area contributed by atoms with Gasteiger partial charge in [0.15, 0.2) is 5.72 Å². The molecule has 3 aliphatic heterocycles. The van der Waals surface area contributed by atoms with Gasteiger partial charge < -0.3 is 9.84 Å². The van der Waals surface area contributed by atoms with Gasteiger partial charge in [-0.3, -0.25) is 4.90 Å². The molecule has 0 aromatic heterocycles. The summed E-state index contributed by atoms with van der Waals surface area (Å²) >= 11 is 0. The average Bonchev–Trinajstić information content (AvgIpc) is 2.11. The number of ether oxygens (including phenoxy) is 1. The molecule has 3 nitrogen and oxygen atoms in total. The predicted octanol–water partition coefficient (Wildman–Crippen LogP) is 1.11. The van der Waals surface area contributed by atoms with Gasteiger partial charge in [0.05, 0.1) is 0 Å². The van der Waals surface area contributed by atoms with Gasteiger partial charge in [0.1, 0.15) is 11.2 Å². The molecule has 3 saturated heterocycles. The summed E-state index contributed by atoms with van der Waals surface area (Å²) in [5.41, 5.74) is -1.29. The molecule has 0 radical (unpaired) electrons. The summed E-state index contributed by atoms with van der Waals surface area (Å²) < 4.78 is 6.00. The molecule has 1 N–H and O–H groups in total. The van der Waals surface area contributed by atoms with Crippen molar-refractivity contribution in [3.8, 4) is 0 Å². The molecule has 0 amide bonds. The molecule has 3 aliphatic rings. The Balaban J connectivity index is 2.03. The molecule has 3 heteroatoms. The van der Waals surface area contributed by atoms with Crippen molar-refractivity contribution in [2.24, 2.45) is 0 Å². The lowest BCUT2D eigenvalue weighted by molar-refractivity contribution is -0.463. The number of rotatable bonds is 0. The highest BCUT2D eigenvalue weighted by molar-refractivity contribution is 5.21. The third-order valence-electron chi connectivity index (χ3n) is 4.55. The van der Waals surface area contributed by atoms with Crippen molar-refractivity contribution in [2.45, 2.75) is 56.5 Å². The monoisotopic (exact) mass is 197 g/mol. The predicted molar refractivity (Wildman–Crippen MR) is 52.9 cm³/mol. The van der Waals surface area contributed by atoms with Crippen molar-refractivity contribution < 1.29 is 9.84 Å². The molecule has 80 valence electrons. The van der Waals surface area contributed by atoms with E-state index < -0.39 is 5.72 Å². The van der Waals surface area contributed by atoms with Gasteiger partial charge in [-0.2, -0.15) is 0 Å². The Bertz CT molecular complexity index is 258. The summed E-state index contributed by atoms with van der Waals surface area (Å²) in [6, 6.07) is 0. The van der Waals surface area contributed by atoms with Crippen LogP contribution in [0.15, 0.2) is 0 Å². The Hall–Kier alpha value is -0.120. The van der Waals surface area contributed by atoms with E-state index in [9.17, 15) is 5.11 Å². The molecule has 0 bridgehead atoms. The number of nitrogens with zero attached hydrogens (tertiary/aromatic N) is 1. The fourth-order valence-electron chi connectivity index (χ4n) is 3.92. The van der Waals surface area contributed by atoms with Crippen molar-refractivity contribution in [2.75, 3.05) is 13.1 Å². The molecule has 3 fully saturated rings. The Morgan fingerprint density at radius 1 is 1.07 bits per heavy atom. The second-order valence-electron chi connectivity index (χ2n) is 5.43. The maximum atomic E-state index is 10.8. The fourth-order valence-corrected chi connectivity index (χ4v) is 3.92. The summed E-state index contributed by atoms with van der Waals surface area (Å²) in [5.74, 6) is 0. The van der Waals surface area contributed by atoms with Crippen LogP contribution in [0.4, 0.5) is 0 Å². The van der Waals surface area contributed by atoms with Gasteiger partial charge in [-0.1, -0.05) is 0 Å². The highest BCUT2D eigenvalue weighted by Crippen LogP contribution is 2.60. The first-order chi connectivity index (χ1) is 6.52. The van der Waals surface area contributed by atoms with E-state index in [0.717, 1.165) is 38.8 Å². The van der Waals surface area contributed by atoms with Crippen LogP contribution in [0.1, 0.15) is 39.5 Å². The first kappa shape index (κ1) is 9.13. The fraction of sp³-hybridized carbons (Fsp3) is 1.00. The van der Waals surface area contributed by atoms with Crippen molar-refractivity contribution in [3.63, 3.8) is 0 Å². The van der Waals surface area contributed by atoms with E-state index in [2.05, 4.69) is 18.7 Å². The first-order valence-electron chi connectivity index (χ1n) is 5.70. The van der Waals surface area contributed by atoms with Crippen LogP contribution >= 0.6 is 0 Å². The summed E-state index contributed by atoms with van der Waals surface area (Å²) in [5, 5.41) is 10.8. The van der Waals surface area contributed by atoms with Crippen LogP contribution in [-0.4, -0.2) is 40.0 Å². The minimum Gasteiger partial charge on any atom is -0.370 e. The largest absolute Gasteiger partial charge is 0.370 e. The molecule has 0 aliphatic carbocycles. The second kappa shape index (κ2) is 2.34. The van der Waals surface area contributed by atoms with Crippen LogP contribution in [0.2, 0.25) is 0 Å². The third kappa shape index (κ3) is 0.730. The lowest BCUT2D eigenvalue weighted by Gasteiger charge is -2.73. The number of hydrogen-bond acceptors (Lipinski definition) is 3. The van der Waals surface area contributed by atoms with E-state index in [1.165, 1.54) is 0 Å². The maximum absolute atomic E-state index is 10.8. The van der Waals surface area contributed by atoms with Crippen LogP contribution in [0, 0.1) is 0 Å². The van der Waals surface area contributed by atoms with Crippen LogP contribution in [0.3, 0.4) is 0 Å². The van der Waals surface area contributed by atoms with E-state index >= 15 is 0 Å². The Morgan fingerprint density at radius 3 is 2.00 bits per heavy atom. The van der Waals surface area contributed by atoms with Gasteiger partial charge in [0.25, 0.3) is 0 Å². The van der Waals surface area contributed by atoms with E-state index in [1.54, 1.807) is 0 Å². The highest BCUT2D eigenvalue weighted by Gasteiger charge is 2.75.